The molecule has 4 aliphatic rings. The van der Waals surface area contributed by atoms with Gasteiger partial charge in [-0.1, -0.05) is 67.7 Å². The van der Waals surface area contributed by atoms with Crippen molar-refractivity contribution >= 4 is 17.5 Å². The van der Waals surface area contributed by atoms with E-state index in [1.807, 2.05) is 27.7 Å². The summed E-state index contributed by atoms with van der Waals surface area (Å²) in [5.41, 5.74) is -1.30. The van der Waals surface area contributed by atoms with E-state index < -0.39 is 45.9 Å². The predicted molar refractivity (Wildman–Crippen MR) is 161 cm³/mol. The molecule has 2 saturated carbocycles. The van der Waals surface area contributed by atoms with Crippen molar-refractivity contribution in [1.82, 2.24) is 0 Å². The lowest BCUT2D eigenvalue weighted by atomic mass is 9.40. The third-order valence-electron chi connectivity index (χ3n) is 12.8. The molecule has 0 spiro atoms. The molecule has 4 aliphatic carbocycles. The predicted octanol–water partition coefficient (Wildman–Crippen LogP) is 5.65. The van der Waals surface area contributed by atoms with Gasteiger partial charge >= 0.3 is 5.97 Å². The van der Waals surface area contributed by atoms with Gasteiger partial charge in [-0.05, 0) is 73.3 Å². The third kappa shape index (κ3) is 4.77. The van der Waals surface area contributed by atoms with Crippen LogP contribution in [0.15, 0.2) is 22.8 Å². The molecule has 0 radical (unpaired) electrons. The number of aliphatic hydroxyl groups is 3. The molecule has 0 bridgehead atoms. The number of aliphatic carboxylic acids is 1. The lowest BCUT2D eigenvalue weighted by Crippen LogP contribution is -2.63. The highest BCUT2D eigenvalue weighted by Crippen LogP contribution is 2.72. The monoisotopic (exact) mass is 586 g/mol. The zero-order valence-corrected chi connectivity index (χ0v) is 27.0. The highest BCUT2D eigenvalue weighted by Gasteiger charge is 2.71. The van der Waals surface area contributed by atoms with E-state index in [1.54, 1.807) is 0 Å². The first kappa shape index (κ1) is 33.1. The first-order valence-electron chi connectivity index (χ1n) is 16.2. The zero-order chi connectivity index (χ0) is 31.6. The van der Waals surface area contributed by atoms with Crippen molar-refractivity contribution in [3.8, 4) is 0 Å². The number of aliphatic hydroxyl groups excluding tert-OH is 3. The van der Waals surface area contributed by atoms with Gasteiger partial charge < -0.3 is 20.4 Å². The van der Waals surface area contributed by atoms with Gasteiger partial charge in [0.25, 0.3) is 0 Å². The van der Waals surface area contributed by atoms with Crippen molar-refractivity contribution in [2.75, 3.05) is 0 Å². The molecular weight excluding hydrogens is 532 g/mol. The molecule has 2 fully saturated rings. The SMILES string of the molecule is CCCCCC1C(O)C2=C(C(=O)CC3(C)C(C(C)CC(O)C=C(C)C(=O)O)CC(O)C23C)C2(C)CCC(=O)C(C)(C)C12. The fraction of sp³-hybridized carbons (Fsp3) is 0.800. The molecule has 0 aromatic heterocycles. The Balaban J connectivity index is 1.83. The van der Waals surface area contributed by atoms with Crippen LogP contribution < -0.4 is 0 Å². The van der Waals surface area contributed by atoms with E-state index in [0.29, 0.717) is 36.8 Å². The van der Waals surface area contributed by atoms with E-state index in [1.165, 1.54) is 13.0 Å². The summed E-state index contributed by atoms with van der Waals surface area (Å²) >= 11 is 0. The van der Waals surface area contributed by atoms with Crippen LogP contribution in [0.1, 0.15) is 113 Å². The van der Waals surface area contributed by atoms with E-state index in [9.17, 15) is 34.8 Å². The number of hydrogen-bond acceptors (Lipinski definition) is 6. The summed E-state index contributed by atoms with van der Waals surface area (Å²) in [6.45, 7) is 15.8. The molecule has 4 N–H and O–H groups in total. The van der Waals surface area contributed by atoms with Crippen LogP contribution in [0.25, 0.3) is 0 Å². The summed E-state index contributed by atoms with van der Waals surface area (Å²) in [5, 5.41) is 44.3. The van der Waals surface area contributed by atoms with Gasteiger partial charge in [0.1, 0.15) is 5.78 Å². The van der Waals surface area contributed by atoms with Crippen molar-refractivity contribution in [1.29, 1.82) is 0 Å². The van der Waals surface area contributed by atoms with Crippen molar-refractivity contribution in [2.45, 2.75) is 131 Å². The Labute approximate surface area is 251 Å². The molecule has 10 unspecified atom stereocenters. The molecule has 4 rings (SSSR count). The average molecular weight is 587 g/mol. The standard InChI is InChI=1S/C35H54O7/c1-9-10-11-12-22-29(40)28-27(33(6)14-13-25(38)32(4,5)30(22)33)24(37)18-34(7)23(17-26(39)35(28,34)8)19(2)15-21(36)16-20(3)31(41)42/h16,19,21-23,26,29-30,36,39-40H,9-15,17-18H2,1-8H3,(H,41,42). The highest BCUT2D eigenvalue weighted by atomic mass is 16.4. The Morgan fingerprint density at radius 3 is 2.33 bits per heavy atom. The Bertz CT molecular complexity index is 1180. The molecule has 0 aliphatic heterocycles. The lowest BCUT2D eigenvalue weighted by molar-refractivity contribution is -0.154. The smallest absolute Gasteiger partial charge is 0.331 e. The number of carboxylic acids is 1. The van der Waals surface area contributed by atoms with Crippen LogP contribution in [0.4, 0.5) is 0 Å². The number of carboxylic acid groups (broad SMARTS) is 1. The van der Waals surface area contributed by atoms with Gasteiger partial charge in [-0.3, -0.25) is 9.59 Å². The summed E-state index contributed by atoms with van der Waals surface area (Å²) in [7, 11) is 0. The summed E-state index contributed by atoms with van der Waals surface area (Å²) in [6.07, 6.45) is 4.42. The van der Waals surface area contributed by atoms with Crippen molar-refractivity contribution in [3.05, 3.63) is 22.8 Å². The molecule has 10 atom stereocenters. The second-order valence-electron chi connectivity index (χ2n) is 15.4. The first-order chi connectivity index (χ1) is 19.4. The van der Waals surface area contributed by atoms with Crippen LogP contribution in [0.2, 0.25) is 0 Å². The number of carbonyl (C=O) groups excluding carboxylic acids is 2. The Hall–Kier alpha value is -1.83. The van der Waals surface area contributed by atoms with Gasteiger partial charge in [-0.2, -0.15) is 0 Å². The molecule has 0 saturated heterocycles. The van der Waals surface area contributed by atoms with Crippen LogP contribution in [-0.4, -0.2) is 56.3 Å². The summed E-state index contributed by atoms with van der Waals surface area (Å²) in [6, 6.07) is 0. The van der Waals surface area contributed by atoms with Gasteiger partial charge in [-0.25, -0.2) is 4.79 Å². The summed E-state index contributed by atoms with van der Waals surface area (Å²) in [5.74, 6) is -1.45. The maximum absolute atomic E-state index is 14.4. The molecule has 42 heavy (non-hydrogen) atoms. The normalized spacial score (nSPS) is 41.2. The quantitative estimate of drug-likeness (QED) is 0.203. The van der Waals surface area contributed by atoms with Gasteiger partial charge in [-0.15, -0.1) is 0 Å². The van der Waals surface area contributed by atoms with Crippen LogP contribution in [0, 0.1) is 45.3 Å². The maximum atomic E-state index is 14.4. The molecule has 0 aromatic carbocycles. The van der Waals surface area contributed by atoms with Crippen molar-refractivity contribution in [3.63, 3.8) is 0 Å². The van der Waals surface area contributed by atoms with Gasteiger partial charge in [0.05, 0.1) is 18.3 Å². The fourth-order valence-electron chi connectivity index (χ4n) is 10.5. The Morgan fingerprint density at radius 1 is 1.10 bits per heavy atom. The Morgan fingerprint density at radius 2 is 1.74 bits per heavy atom. The van der Waals surface area contributed by atoms with Crippen LogP contribution in [0.3, 0.4) is 0 Å². The number of rotatable bonds is 9. The minimum absolute atomic E-state index is 0.0159. The highest BCUT2D eigenvalue weighted by molar-refractivity contribution is 6.01. The second-order valence-corrected chi connectivity index (χ2v) is 15.4. The molecule has 0 amide bonds. The number of fused-ring (bicyclic) bond motifs is 4. The third-order valence-corrected chi connectivity index (χ3v) is 12.8. The number of Topliss-reactive ketones (excluding diaryl/α,β-unsaturated/α-hetero) is 2. The number of carbonyl (C=O) groups is 3. The van der Waals surface area contributed by atoms with Crippen molar-refractivity contribution in [2.24, 2.45) is 45.3 Å². The minimum atomic E-state index is -1.07. The first-order valence-corrected chi connectivity index (χ1v) is 16.2. The maximum Gasteiger partial charge on any atom is 0.331 e. The molecule has 0 heterocycles. The number of hydrogen-bond donors (Lipinski definition) is 4. The second kappa shape index (κ2) is 11.3. The number of unbranched alkanes of at least 4 members (excludes halogenated alkanes) is 2. The van der Waals surface area contributed by atoms with E-state index in [4.69, 9.17) is 0 Å². The van der Waals surface area contributed by atoms with Gasteiger partial charge in [0.15, 0.2) is 5.78 Å². The van der Waals surface area contributed by atoms with E-state index in [-0.39, 0.29) is 47.2 Å². The van der Waals surface area contributed by atoms with Crippen molar-refractivity contribution < 1.29 is 34.8 Å². The Kier molecular flexibility index (Phi) is 8.87. The minimum Gasteiger partial charge on any atom is -0.478 e. The molecule has 7 nitrogen and oxygen atoms in total. The zero-order valence-electron chi connectivity index (χ0n) is 27.0. The molecule has 7 heteroatoms. The molecular formula is C35H54O7. The topological polar surface area (TPSA) is 132 Å². The summed E-state index contributed by atoms with van der Waals surface area (Å²) < 4.78 is 0. The number of allylic oxidation sites excluding steroid dienone is 1. The van der Waals surface area contributed by atoms with Crippen LogP contribution >= 0.6 is 0 Å². The molecule has 0 aromatic rings. The van der Waals surface area contributed by atoms with E-state index in [0.717, 1.165) is 25.7 Å². The van der Waals surface area contributed by atoms with Crippen LogP contribution in [0.5, 0.6) is 0 Å². The van der Waals surface area contributed by atoms with Gasteiger partial charge in [0.2, 0.25) is 0 Å². The lowest BCUT2D eigenvalue weighted by Gasteiger charge is -2.63. The van der Waals surface area contributed by atoms with Gasteiger partial charge in [0, 0.05) is 40.2 Å². The summed E-state index contributed by atoms with van der Waals surface area (Å²) in [4.78, 5) is 39.1. The van der Waals surface area contributed by atoms with E-state index in [2.05, 4.69) is 20.8 Å². The number of ketones is 2. The van der Waals surface area contributed by atoms with Crippen LogP contribution in [-0.2, 0) is 14.4 Å². The fourth-order valence-corrected chi connectivity index (χ4v) is 10.5. The average Bonchev–Trinajstić information content (AvgIpc) is 3.09. The largest absolute Gasteiger partial charge is 0.478 e. The molecule has 236 valence electrons. The van der Waals surface area contributed by atoms with E-state index >= 15 is 0 Å².